The summed E-state index contributed by atoms with van der Waals surface area (Å²) in [7, 11) is 5.09. The van der Waals surface area contributed by atoms with Crippen LogP contribution in [0.3, 0.4) is 0 Å². The van der Waals surface area contributed by atoms with Crippen molar-refractivity contribution in [2.45, 2.75) is 17.3 Å². The average molecular weight is 383 g/mol. The molecule has 7 nitrogen and oxygen atoms in total. The van der Waals surface area contributed by atoms with E-state index in [9.17, 15) is 4.79 Å². The predicted molar refractivity (Wildman–Crippen MR) is 104 cm³/mol. The number of ether oxygens (including phenoxy) is 1. The normalized spacial score (nSPS) is 11.9. The Balaban J connectivity index is 2.01. The lowest BCUT2D eigenvalue weighted by Gasteiger charge is -2.20. The Morgan fingerprint density at radius 3 is 2.59 bits per heavy atom. The highest BCUT2D eigenvalue weighted by atomic mass is 32.2. The van der Waals surface area contributed by atoms with Crippen molar-refractivity contribution >= 4 is 17.7 Å². The Morgan fingerprint density at radius 1 is 1.19 bits per heavy atom. The first-order valence-corrected chi connectivity index (χ1v) is 9.25. The molecule has 0 aliphatic heterocycles. The lowest BCUT2D eigenvalue weighted by atomic mass is 10.1. The highest BCUT2D eigenvalue weighted by Gasteiger charge is 2.27. The minimum Gasteiger partial charge on any atom is -0.494 e. The molecule has 3 rings (SSSR count). The molecule has 0 spiro atoms. The van der Waals surface area contributed by atoms with Gasteiger partial charge in [-0.05, 0) is 40.6 Å². The maximum Gasteiger partial charge on any atom is 0.240 e. The minimum atomic E-state index is -0.457. The third-order valence-electron chi connectivity index (χ3n) is 3.99. The molecule has 2 aromatic carbocycles. The lowest BCUT2D eigenvalue weighted by Crippen LogP contribution is -2.27. The van der Waals surface area contributed by atoms with Gasteiger partial charge < -0.3 is 9.64 Å². The Labute approximate surface area is 162 Å². The van der Waals surface area contributed by atoms with Crippen molar-refractivity contribution in [3.8, 4) is 11.4 Å². The molecule has 0 fully saturated rings. The van der Waals surface area contributed by atoms with Gasteiger partial charge in [0.05, 0.1) is 7.11 Å². The Morgan fingerprint density at radius 2 is 1.93 bits per heavy atom. The van der Waals surface area contributed by atoms with E-state index in [1.165, 1.54) is 11.8 Å². The van der Waals surface area contributed by atoms with Crippen LogP contribution in [0.25, 0.3) is 5.69 Å². The smallest absolute Gasteiger partial charge is 0.240 e. The van der Waals surface area contributed by atoms with Crippen molar-refractivity contribution in [2.24, 2.45) is 0 Å². The molecule has 1 amide bonds. The number of carbonyl (C=O) groups is 1. The van der Waals surface area contributed by atoms with Gasteiger partial charge >= 0.3 is 0 Å². The molecule has 0 N–H and O–H groups in total. The molecule has 8 heteroatoms. The topological polar surface area (TPSA) is 73.1 Å². The molecular formula is C19H21N5O2S. The molecule has 140 valence electrons. The second kappa shape index (κ2) is 8.22. The number of nitrogens with zero attached hydrogens (tertiary/aromatic N) is 5. The molecule has 3 aromatic rings. The fourth-order valence-corrected chi connectivity index (χ4v) is 3.73. The summed E-state index contributed by atoms with van der Waals surface area (Å²) in [6, 6.07) is 15.4. The van der Waals surface area contributed by atoms with Gasteiger partial charge in [0.1, 0.15) is 16.7 Å². The summed E-state index contributed by atoms with van der Waals surface area (Å²) in [5, 5.41) is 12.1. The highest BCUT2D eigenvalue weighted by Crippen LogP contribution is 2.37. The number of aromatic nitrogens is 4. The van der Waals surface area contributed by atoms with Crippen LogP contribution >= 0.6 is 11.8 Å². The van der Waals surface area contributed by atoms with E-state index in [1.54, 1.807) is 30.8 Å². The number of rotatable bonds is 6. The van der Waals surface area contributed by atoms with Crippen LogP contribution in [0.15, 0.2) is 53.7 Å². The van der Waals surface area contributed by atoms with E-state index in [0.29, 0.717) is 10.9 Å². The fourth-order valence-electron chi connectivity index (χ4n) is 2.60. The molecule has 0 saturated heterocycles. The largest absolute Gasteiger partial charge is 0.494 e. The van der Waals surface area contributed by atoms with E-state index in [4.69, 9.17) is 4.74 Å². The number of amides is 1. The molecule has 27 heavy (non-hydrogen) atoms. The van der Waals surface area contributed by atoms with Crippen molar-refractivity contribution in [1.29, 1.82) is 0 Å². The van der Waals surface area contributed by atoms with Crippen LogP contribution in [-0.2, 0) is 4.79 Å². The maximum absolute atomic E-state index is 12.8. The van der Waals surface area contributed by atoms with Crippen LogP contribution in [0, 0.1) is 6.92 Å². The molecular weight excluding hydrogens is 362 g/mol. The van der Waals surface area contributed by atoms with Gasteiger partial charge in [-0.15, -0.1) is 5.10 Å². The summed E-state index contributed by atoms with van der Waals surface area (Å²) in [6.45, 7) is 1.99. The monoisotopic (exact) mass is 383 g/mol. The van der Waals surface area contributed by atoms with Crippen LogP contribution in [0.1, 0.15) is 16.4 Å². The van der Waals surface area contributed by atoms with Gasteiger partial charge in [0.25, 0.3) is 0 Å². The van der Waals surface area contributed by atoms with Crippen molar-refractivity contribution in [3.05, 3.63) is 59.7 Å². The zero-order chi connectivity index (χ0) is 19.4. The summed E-state index contributed by atoms with van der Waals surface area (Å²) >= 11 is 1.31. The Kier molecular flexibility index (Phi) is 5.75. The van der Waals surface area contributed by atoms with Crippen molar-refractivity contribution < 1.29 is 9.53 Å². The summed E-state index contributed by atoms with van der Waals surface area (Å²) in [5.41, 5.74) is 2.68. The van der Waals surface area contributed by atoms with E-state index in [-0.39, 0.29) is 5.91 Å². The number of methoxy groups -OCH3 is 1. The van der Waals surface area contributed by atoms with Crippen LogP contribution in [0.4, 0.5) is 0 Å². The van der Waals surface area contributed by atoms with Crippen molar-refractivity contribution in [3.63, 3.8) is 0 Å². The first kappa shape index (κ1) is 18.9. The molecule has 0 aliphatic carbocycles. The van der Waals surface area contributed by atoms with E-state index in [1.807, 2.05) is 55.5 Å². The third kappa shape index (κ3) is 4.11. The van der Waals surface area contributed by atoms with Crippen molar-refractivity contribution in [1.82, 2.24) is 25.1 Å². The van der Waals surface area contributed by atoms with E-state index >= 15 is 0 Å². The van der Waals surface area contributed by atoms with Crippen LogP contribution < -0.4 is 4.74 Å². The summed E-state index contributed by atoms with van der Waals surface area (Å²) < 4.78 is 7.06. The zero-order valence-electron chi connectivity index (χ0n) is 15.7. The van der Waals surface area contributed by atoms with E-state index < -0.39 is 5.25 Å². The predicted octanol–water partition coefficient (Wildman–Crippen LogP) is 2.90. The quantitative estimate of drug-likeness (QED) is 0.610. The first-order chi connectivity index (χ1) is 13.0. The van der Waals surface area contributed by atoms with Gasteiger partial charge in [-0.1, -0.05) is 48.2 Å². The highest BCUT2D eigenvalue weighted by molar-refractivity contribution is 8.00. The molecule has 0 bridgehead atoms. The number of benzene rings is 2. The van der Waals surface area contributed by atoms with Crippen LogP contribution in [-0.4, -0.2) is 52.2 Å². The average Bonchev–Trinajstić information content (AvgIpc) is 3.14. The number of hydrogen-bond acceptors (Lipinski definition) is 6. The number of carbonyl (C=O) groups excluding carboxylic acids is 1. The van der Waals surface area contributed by atoms with Crippen LogP contribution in [0.5, 0.6) is 5.75 Å². The Bertz CT molecular complexity index is 927. The minimum absolute atomic E-state index is 0.0306. The van der Waals surface area contributed by atoms with Gasteiger partial charge in [0.2, 0.25) is 11.1 Å². The SMILES string of the molecule is COc1ccc(C)cc1-n1nnnc1S[C@@H](C(=O)N(C)C)c1ccccc1. The van der Waals surface area contributed by atoms with E-state index in [0.717, 1.165) is 16.8 Å². The number of aryl methyl sites for hydroxylation is 1. The zero-order valence-corrected chi connectivity index (χ0v) is 16.5. The summed E-state index contributed by atoms with van der Waals surface area (Å²) in [4.78, 5) is 14.4. The first-order valence-electron chi connectivity index (χ1n) is 8.37. The van der Waals surface area contributed by atoms with Gasteiger partial charge in [-0.2, -0.15) is 4.68 Å². The van der Waals surface area contributed by atoms with Gasteiger partial charge in [-0.3, -0.25) is 4.79 Å². The second-order valence-corrected chi connectivity index (χ2v) is 7.26. The molecule has 0 saturated carbocycles. The van der Waals surface area contributed by atoms with Gasteiger partial charge in [0, 0.05) is 14.1 Å². The summed E-state index contributed by atoms with van der Waals surface area (Å²) in [5.74, 6) is 0.627. The molecule has 0 radical (unpaired) electrons. The lowest BCUT2D eigenvalue weighted by molar-refractivity contribution is -0.128. The van der Waals surface area contributed by atoms with Crippen LogP contribution in [0.2, 0.25) is 0 Å². The molecule has 1 aromatic heterocycles. The standard InChI is InChI=1S/C19H21N5O2S/c1-13-10-11-16(26-4)15(12-13)24-19(20-21-22-24)27-17(18(25)23(2)3)14-8-6-5-7-9-14/h5-12,17H,1-4H3/t17-/m1/s1. The molecule has 1 atom stereocenters. The van der Waals surface area contributed by atoms with Gasteiger partial charge in [0.15, 0.2) is 0 Å². The van der Waals surface area contributed by atoms with Gasteiger partial charge in [-0.25, -0.2) is 0 Å². The number of tetrazole rings is 1. The fraction of sp³-hybridized carbons (Fsp3) is 0.263. The molecule has 0 unspecified atom stereocenters. The second-order valence-electron chi connectivity index (χ2n) is 6.19. The van der Waals surface area contributed by atoms with E-state index in [2.05, 4.69) is 15.5 Å². The molecule has 1 heterocycles. The van der Waals surface area contributed by atoms with Crippen molar-refractivity contribution in [2.75, 3.05) is 21.2 Å². The number of thioether (sulfide) groups is 1. The third-order valence-corrected chi connectivity index (χ3v) is 5.17. The summed E-state index contributed by atoms with van der Waals surface area (Å²) in [6.07, 6.45) is 0. The Hall–Kier alpha value is -2.87. The number of hydrogen-bond donors (Lipinski definition) is 0. The molecule has 0 aliphatic rings. The number of likely N-dealkylation sites (N-methyl/N-ethyl adjacent to an activating group) is 1. The maximum atomic E-state index is 12.8.